The Balaban J connectivity index is 1.39. The average molecular weight is 514 g/mol. The third kappa shape index (κ3) is 5.51. The highest BCUT2D eigenvalue weighted by Crippen LogP contribution is 2.29. The second kappa shape index (κ2) is 11.4. The topological polar surface area (TPSA) is 113 Å². The van der Waals surface area contributed by atoms with Gasteiger partial charge in [-0.15, -0.1) is 0 Å². The molecule has 9 nitrogen and oxygen atoms in total. The molecule has 4 N–H and O–H groups in total. The summed E-state index contributed by atoms with van der Waals surface area (Å²) in [5, 5.41) is 29.2. The molecule has 0 radical (unpaired) electrons. The van der Waals surface area contributed by atoms with Crippen molar-refractivity contribution in [3.05, 3.63) is 54.9 Å². The normalized spacial score (nSPS) is 11.4. The number of unbranched alkanes of at least 4 members (excludes halogenated alkanes) is 4. The van der Waals surface area contributed by atoms with Crippen LogP contribution in [0.2, 0.25) is 0 Å². The lowest BCUT2D eigenvalue weighted by Crippen LogP contribution is -2.04. The Morgan fingerprint density at radius 3 is 1.58 bits per heavy atom. The van der Waals surface area contributed by atoms with E-state index in [2.05, 4.69) is 40.5 Å². The van der Waals surface area contributed by atoms with E-state index in [9.17, 15) is 10.2 Å². The van der Waals surface area contributed by atoms with Gasteiger partial charge in [0.1, 0.15) is 0 Å². The number of nitrogens with one attached hydrogen (secondary N) is 2. The minimum atomic E-state index is 0.160. The lowest BCUT2D eigenvalue weighted by Gasteiger charge is -2.12. The number of nitrogens with zero attached hydrogens (tertiary/aromatic N) is 5. The number of hydrogen-bond acceptors (Lipinski definition) is 7. The SMILES string of the molecule is CCCCCn1c(O)cnc1Nc1ccc2cc3ccc(Nc4ncc(O)n4CCCCC)cc3nc2c1. The largest absolute Gasteiger partial charge is 0.493 e. The maximum Gasteiger partial charge on any atom is 0.212 e. The molecule has 9 heteroatoms. The van der Waals surface area contributed by atoms with Crippen LogP contribution < -0.4 is 10.6 Å². The van der Waals surface area contributed by atoms with Gasteiger partial charge in [-0.2, -0.15) is 0 Å². The molecule has 3 heterocycles. The molecule has 5 rings (SSSR count). The van der Waals surface area contributed by atoms with Crippen LogP contribution in [-0.4, -0.2) is 34.3 Å². The minimum Gasteiger partial charge on any atom is -0.493 e. The van der Waals surface area contributed by atoms with Crippen LogP contribution in [-0.2, 0) is 13.1 Å². The molecule has 2 aromatic carbocycles. The van der Waals surface area contributed by atoms with Crippen LogP contribution in [0.5, 0.6) is 11.8 Å². The summed E-state index contributed by atoms with van der Waals surface area (Å²) in [4.78, 5) is 13.6. The predicted octanol–water partition coefficient (Wildman–Crippen LogP) is 7.06. The number of fused-ring (bicyclic) bond motifs is 2. The fourth-order valence-corrected chi connectivity index (χ4v) is 4.65. The molecule has 0 spiro atoms. The summed E-state index contributed by atoms with van der Waals surface area (Å²) in [5.74, 6) is 1.55. The number of aromatic hydroxyl groups is 2. The smallest absolute Gasteiger partial charge is 0.212 e. The van der Waals surface area contributed by atoms with Gasteiger partial charge in [0.25, 0.3) is 0 Å². The number of benzene rings is 2. The quantitative estimate of drug-likeness (QED) is 0.104. The summed E-state index contributed by atoms with van der Waals surface area (Å²) in [6, 6.07) is 14.2. The molecule has 0 aliphatic rings. The van der Waals surface area contributed by atoms with Gasteiger partial charge in [-0.25, -0.2) is 15.0 Å². The summed E-state index contributed by atoms with van der Waals surface area (Å²) >= 11 is 0. The predicted molar refractivity (Wildman–Crippen MR) is 153 cm³/mol. The van der Waals surface area contributed by atoms with Crippen molar-refractivity contribution in [3.8, 4) is 11.8 Å². The first-order valence-electron chi connectivity index (χ1n) is 13.4. The summed E-state index contributed by atoms with van der Waals surface area (Å²) in [6.07, 6.45) is 9.35. The van der Waals surface area contributed by atoms with Gasteiger partial charge in [-0.05, 0) is 43.2 Å². The molecule has 0 fully saturated rings. The van der Waals surface area contributed by atoms with Crippen LogP contribution in [0.15, 0.2) is 54.9 Å². The fraction of sp³-hybridized carbons (Fsp3) is 0.345. The molecule has 0 saturated carbocycles. The van der Waals surface area contributed by atoms with Crippen molar-refractivity contribution in [1.29, 1.82) is 0 Å². The van der Waals surface area contributed by atoms with Crippen LogP contribution in [0.1, 0.15) is 52.4 Å². The molecule has 0 aliphatic carbocycles. The second-order valence-electron chi connectivity index (χ2n) is 9.65. The lowest BCUT2D eigenvalue weighted by molar-refractivity contribution is 0.412. The third-order valence-corrected chi connectivity index (χ3v) is 6.76. The lowest BCUT2D eigenvalue weighted by atomic mass is 10.1. The van der Waals surface area contributed by atoms with Crippen molar-refractivity contribution in [2.45, 2.75) is 65.5 Å². The van der Waals surface area contributed by atoms with Crippen LogP contribution in [0.25, 0.3) is 21.8 Å². The molecule has 38 heavy (non-hydrogen) atoms. The molecular formula is C29H35N7O2. The van der Waals surface area contributed by atoms with E-state index in [-0.39, 0.29) is 11.8 Å². The summed E-state index contributed by atoms with van der Waals surface area (Å²) < 4.78 is 3.60. The van der Waals surface area contributed by atoms with Crippen LogP contribution in [0.3, 0.4) is 0 Å². The molecule has 0 unspecified atom stereocenters. The molecular weight excluding hydrogens is 478 g/mol. The molecule has 0 amide bonds. The zero-order valence-corrected chi connectivity index (χ0v) is 22.0. The van der Waals surface area contributed by atoms with Crippen molar-refractivity contribution in [2.75, 3.05) is 10.6 Å². The van der Waals surface area contributed by atoms with Crippen molar-refractivity contribution >= 4 is 45.1 Å². The summed E-state index contributed by atoms with van der Waals surface area (Å²) in [5.41, 5.74) is 3.41. The standard InChI is InChI=1S/C29H35N7O2/c1-3-5-7-13-35-26(37)18-30-28(35)32-22-11-9-20-15-21-10-12-23(17-25(21)34-24(20)16-22)33-29-31-19-27(38)36(29)14-8-6-4-2/h9-12,15-19,37-38H,3-8,13-14H2,1-2H3,(H,30,32)(H,31,33). The Hall–Kier alpha value is -4.27. The number of hydrogen-bond donors (Lipinski definition) is 4. The number of rotatable bonds is 12. The van der Waals surface area contributed by atoms with Crippen LogP contribution in [0, 0.1) is 0 Å². The van der Waals surface area contributed by atoms with Gasteiger partial charge in [-0.3, -0.25) is 9.13 Å². The zero-order valence-electron chi connectivity index (χ0n) is 22.0. The monoisotopic (exact) mass is 513 g/mol. The van der Waals surface area contributed by atoms with Crippen LogP contribution in [0.4, 0.5) is 23.3 Å². The van der Waals surface area contributed by atoms with Gasteiger partial charge in [0.05, 0.1) is 23.4 Å². The van der Waals surface area contributed by atoms with Gasteiger partial charge in [0.15, 0.2) is 0 Å². The maximum atomic E-state index is 10.2. The number of imidazole rings is 2. The van der Waals surface area contributed by atoms with E-state index in [1.807, 2.05) is 36.4 Å². The van der Waals surface area contributed by atoms with Crippen molar-refractivity contribution in [2.24, 2.45) is 0 Å². The Labute approximate surface area is 222 Å². The Morgan fingerprint density at radius 1 is 0.658 bits per heavy atom. The second-order valence-corrected chi connectivity index (χ2v) is 9.65. The Kier molecular flexibility index (Phi) is 7.62. The molecule has 0 saturated heterocycles. The molecule has 0 atom stereocenters. The number of aromatic nitrogens is 5. The minimum absolute atomic E-state index is 0.160. The van der Waals surface area contributed by atoms with Gasteiger partial charge < -0.3 is 20.8 Å². The highest BCUT2D eigenvalue weighted by atomic mass is 16.3. The average Bonchev–Trinajstić information content (AvgIpc) is 3.44. The highest BCUT2D eigenvalue weighted by molar-refractivity contribution is 5.95. The Morgan fingerprint density at radius 2 is 1.13 bits per heavy atom. The number of anilines is 4. The molecule has 3 aromatic heterocycles. The van der Waals surface area contributed by atoms with Gasteiger partial charge in [0, 0.05) is 35.2 Å². The molecule has 198 valence electrons. The van der Waals surface area contributed by atoms with Crippen molar-refractivity contribution in [1.82, 2.24) is 24.1 Å². The molecule has 0 aliphatic heterocycles. The summed E-state index contributed by atoms with van der Waals surface area (Å²) in [6.45, 7) is 5.74. The van der Waals surface area contributed by atoms with E-state index in [0.29, 0.717) is 25.0 Å². The van der Waals surface area contributed by atoms with E-state index in [1.165, 1.54) is 12.4 Å². The van der Waals surface area contributed by atoms with Gasteiger partial charge in [0.2, 0.25) is 23.7 Å². The van der Waals surface area contributed by atoms with E-state index < -0.39 is 0 Å². The number of pyridine rings is 1. The Bertz CT molecular complexity index is 1430. The third-order valence-electron chi connectivity index (χ3n) is 6.76. The van der Waals surface area contributed by atoms with Crippen molar-refractivity contribution in [3.63, 3.8) is 0 Å². The fourth-order valence-electron chi connectivity index (χ4n) is 4.65. The van der Waals surface area contributed by atoms with Crippen LogP contribution >= 0.6 is 0 Å². The van der Waals surface area contributed by atoms with E-state index in [4.69, 9.17) is 4.98 Å². The molecule has 5 aromatic rings. The van der Waals surface area contributed by atoms with Gasteiger partial charge in [-0.1, -0.05) is 51.7 Å². The van der Waals surface area contributed by atoms with Gasteiger partial charge >= 0.3 is 0 Å². The van der Waals surface area contributed by atoms with E-state index >= 15 is 0 Å². The molecule has 0 bridgehead atoms. The summed E-state index contributed by atoms with van der Waals surface area (Å²) in [7, 11) is 0. The van der Waals surface area contributed by atoms with E-state index in [1.54, 1.807) is 9.13 Å². The highest BCUT2D eigenvalue weighted by Gasteiger charge is 2.12. The van der Waals surface area contributed by atoms with Crippen molar-refractivity contribution < 1.29 is 10.2 Å². The first kappa shape index (κ1) is 25.4. The zero-order chi connectivity index (χ0) is 26.5. The first-order chi connectivity index (χ1) is 18.6. The van der Waals surface area contributed by atoms with E-state index in [0.717, 1.165) is 71.7 Å². The maximum absolute atomic E-state index is 10.2. The first-order valence-corrected chi connectivity index (χ1v) is 13.4.